The molecule has 0 bridgehead atoms. The van der Waals surface area contributed by atoms with Crippen LogP contribution in [-0.4, -0.2) is 37.4 Å². The number of aryl methyl sites for hydroxylation is 1. The number of methoxy groups -OCH3 is 1. The van der Waals surface area contributed by atoms with E-state index in [9.17, 15) is 9.59 Å². The molecule has 0 unspecified atom stereocenters. The van der Waals surface area contributed by atoms with Gasteiger partial charge < -0.3 is 4.74 Å². The lowest BCUT2D eigenvalue weighted by molar-refractivity contribution is -0.114. The number of Topliss-reactive ketones (excluding diaryl/α,β-unsaturated/α-hetero) is 1. The molecule has 3 aromatic carbocycles. The van der Waals surface area contributed by atoms with Crippen LogP contribution < -0.4 is 9.64 Å². The van der Waals surface area contributed by atoms with Gasteiger partial charge in [-0.25, -0.2) is 0 Å². The zero-order chi connectivity index (χ0) is 19.8. The summed E-state index contributed by atoms with van der Waals surface area (Å²) in [5.74, 6) is -0.0479. The van der Waals surface area contributed by atoms with Gasteiger partial charge in [-0.2, -0.15) is 0 Å². The fraction of sp³-hybridized carbons (Fsp3) is 0.217. The summed E-state index contributed by atoms with van der Waals surface area (Å²) in [7, 11) is 3.61. The van der Waals surface area contributed by atoms with Crippen molar-refractivity contribution in [1.29, 1.82) is 0 Å². The molecule has 0 fully saturated rings. The summed E-state index contributed by atoms with van der Waals surface area (Å²) in [6, 6.07) is 17.8. The predicted molar refractivity (Wildman–Crippen MR) is 110 cm³/mol. The molecule has 0 spiro atoms. The number of rotatable bonds is 5. The highest BCUT2D eigenvalue weighted by Gasteiger charge is 2.36. The molecular formula is C23H22N2O3. The van der Waals surface area contributed by atoms with E-state index in [1.165, 1.54) is 0 Å². The molecule has 3 aromatic rings. The van der Waals surface area contributed by atoms with Crippen LogP contribution in [0, 0.1) is 6.92 Å². The Morgan fingerprint density at radius 3 is 2.50 bits per heavy atom. The lowest BCUT2D eigenvalue weighted by Gasteiger charge is -2.24. The predicted octanol–water partition coefficient (Wildman–Crippen LogP) is 3.78. The van der Waals surface area contributed by atoms with Crippen molar-refractivity contribution in [3.05, 3.63) is 71.3 Å². The quantitative estimate of drug-likeness (QED) is 0.638. The Kier molecular flexibility index (Phi) is 4.61. The average Bonchev–Trinajstić information content (AvgIpc) is 2.92. The maximum absolute atomic E-state index is 12.4. The summed E-state index contributed by atoms with van der Waals surface area (Å²) in [4.78, 5) is 28.3. The van der Waals surface area contributed by atoms with Crippen LogP contribution in [0.2, 0.25) is 0 Å². The Bertz CT molecular complexity index is 1090. The molecule has 142 valence electrons. The van der Waals surface area contributed by atoms with Gasteiger partial charge in [-0.1, -0.05) is 29.8 Å². The fourth-order valence-corrected chi connectivity index (χ4v) is 3.66. The van der Waals surface area contributed by atoms with Crippen molar-refractivity contribution in [2.24, 2.45) is 0 Å². The zero-order valence-electron chi connectivity index (χ0n) is 16.2. The van der Waals surface area contributed by atoms with Gasteiger partial charge in [0.1, 0.15) is 5.75 Å². The van der Waals surface area contributed by atoms with Crippen molar-refractivity contribution in [2.75, 3.05) is 25.7 Å². The van der Waals surface area contributed by atoms with Crippen molar-refractivity contribution >= 4 is 28.2 Å². The van der Waals surface area contributed by atoms with Crippen LogP contribution in [0.1, 0.15) is 21.5 Å². The van der Waals surface area contributed by atoms with Gasteiger partial charge in [-0.3, -0.25) is 19.4 Å². The van der Waals surface area contributed by atoms with Crippen LogP contribution >= 0.6 is 0 Å². The third-order valence-electron chi connectivity index (χ3n) is 5.07. The first-order valence-corrected chi connectivity index (χ1v) is 9.18. The van der Waals surface area contributed by atoms with E-state index in [-0.39, 0.29) is 0 Å². The van der Waals surface area contributed by atoms with Gasteiger partial charge in [0.05, 0.1) is 25.0 Å². The highest BCUT2D eigenvalue weighted by Crippen LogP contribution is 2.30. The molecule has 0 aliphatic carbocycles. The number of anilines is 1. The number of amides is 1. The van der Waals surface area contributed by atoms with Crippen molar-refractivity contribution in [3.8, 4) is 5.75 Å². The monoisotopic (exact) mass is 374 g/mol. The SMILES string of the molecule is COc1ccc2cc(CN(C)CN3C(=O)C(=O)c4cc(C)ccc43)ccc2c1. The molecule has 1 heterocycles. The Morgan fingerprint density at radius 2 is 1.71 bits per heavy atom. The summed E-state index contributed by atoms with van der Waals surface area (Å²) in [6.45, 7) is 2.95. The van der Waals surface area contributed by atoms with E-state index >= 15 is 0 Å². The average molecular weight is 374 g/mol. The second-order valence-electron chi connectivity index (χ2n) is 7.29. The van der Waals surface area contributed by atoms with E-state index in [4.69, 9.17) is 4.74 Å². The van der Waals surface area contributed by atoms with E-state index < -0.39 is 11.7 Å². The first-order valence-electron chi connectivity index (χ1n) is 9.18. The normalized spacial score (nSPS) is 13.5. The first-order chi connectivity index (χ1) is 13.5. The topological polar surface area (TPSA) is 49.9 Å². The number of ketones is 1. The summed E-state index contributed by atoms with van der Waals surface area (Å²) in [5, 5.41) is 2.26. The molecule has 1 amide bonds. The van der Waals surface area contributed by atoms with Crippen LogP contribution in [0.25, 0.3) is 10.8 Å². The smallest absolute Gasteiger partial charge is 0.300 e. The molecule has 0 saturated heterocycles. The van der Waals surface area contributed by atoms with E-state index in [0.29, 0.717) is 24.5 Å². The molecule has 5 nitrogen and oxygen atoms in total. The molecule has 1 aliphatic rings. The molecule has 1 aliphatic heterocycles. The van der Waals surface area contributed by atoms with Crippen molar-refractivity contribution < 1.29 is 14.3 Å². The maximum Gasteiger partial charge on any atom is 0.300 e. The van der Waals surface area contributed by atoms with Crippen molar-refractivity contribution in [2.45, 2.75) is 13.5 Å². The van der Waals surface area contributed by atoms with Gasteiger partial charge in [-0.05, 0) is 60.6 Å². The minimum atomic E-state index is -0.460. The Labute approximate surface area is 164 Å². The molecule has 4 rings (SSSR count). The molecule has 0 N–H and O–H groups in total. The van der Waals surface area contributed by atoms with Gasteiger partial charge in [0.15, 0.2) is 0 Å². The Hall–Kier alpha value is -3.18. The van der Waals surface area contributed by atoms with E-state index in [1.807, 2.05) is 49.2 Å². The number of benzene rings is 3. The van der Waals surface area contributed by atoms with Crippen LogP contribution in [0.5, 0.6) is 5.75 Å². The van der Waals surface area contributed by atoms with Crippen molar-refractivity contribution in [1.82, 2.24) is 4.90 Å². The Morgan fingerprint density at radius 1 is 0.964 bits per heavy atom. The number of carbonyl (C=O) groups is 2. The molecule has 0 saturated carbocycles. The molecule has 0 radical (unpaired) electrons. The van der Waals surface area contributed by atoms with Crippen LogP contribution in [0.4, 0.5) is 5.69 Å². The summed E-state index contributed by atoms with van der Waals surface area (Å²) < 4.78 is 5.27. The van der Waals surface area contributed by atoms with Crippen LogP contribution in [0.15, 0.2) is 54.6 Å². The highest BCUT2D eigenvalue weighted by atomic mass is 16.5. The minimum Gasteiger partial charge on any atom is -0.497 e. The van der Waals surface area contributed by atoms with E-state index in [0.717, 1.165) is 27.6 Å². The molecular weight excluding hydrogens is 352 g/mol. The Balaban J connectivity index is 1.52. The first kappa shape index (κ1) is 18.2. The zero-order valence-corrected chi connectivity index (χ0v) is 16.2. The molecule has 0 aromatic heterocycles. The van der Waals surface area contributed by atoms with Gasteiger partial charge in [-0.15, -0.1) is 0 Å². The second kappa shape index (κ2) is 7.09. The number of hydrogen-bond acceptors (Lipinski definition) is 4. The fourth-order valence-electron chi connectivity index (χ4n) is 3.66. The van der Waals surface area contributed by atoms with Crippen LogP contribution in [-0.2, 0) is 11.3 Å². The lowest BCUT2D eigenvalue weighted by Crippen LogP contribution is -2.38. The van der Waals surface area contributed by atoms with Crippen molar-refractivity contribution in [3.63, 3.8) is 0 Å². The number of nitrogens with zero attached hydrogens (tertiary/aromatic N) is 2. The number of carbonyl (C=O) groups excluding carboxylic acids is 2. The molecule has 0 atom stereocenters. The summed E-state index contributed by atoms with van der Waals surface area (Å²) in [5.41, 5.74) is 3.31. The van der Waals surface area contributed by atoms with E-state index in [2.05, 4.69) is 18.2 Å². The number of hydrogen-bond donors (Lipinski definition) is 0. The van der Waals surface area contributed by atoms with E-state index in [1.54, 1.807) is 18.1 Å². The third-order valence-corrected chi connectivity index (χ3v) is 5.07. The van der Waals surface area contributed by atoms with Gasteiger partial charge >= 0.3 is 5.91 Å². The number of ether oxygens (including phenoxy) is 1. The largest absolute Gasteiger partial charge is 0.497 e. The number of fused-ring (bicyclic) bond motifs is 2. The standard InChI is InChI=1S/C23H22N2O3/c1-15-4-9-21-20(10-15)22(26)23(27)25(21)14-24(2)13-16-5-6-18-12-19(28-3)8-7-17(18)11-16/h4-12H,13-14H2,1-3H3. The van der Waals surface area contributed by atoms with Gasteiger partial charge in [0.25, 0.3) is 5.78 Å². The minimum absolute atomic E-state index is 0.362. The second-order valence-corrected chi connectivity index (χ2v) is 7.29. The summed E-state index contributed by atoms with van der Waals surface area (Å²) >= 11 is 0. The summed E-state index contributed by atoms with van der Waals surface area (Å²) in [6.07, 6.45) is 0. The maximum atomic E-state index is 12.4. The molecule has 28 heavy (non-hydrogen) atoms. The molecule has 5 heteroatoms. The lowest BCUT2D eigenvalue weighted by atomic mass is 10.1. The van der Waals surface area contributed by atoms with Crippen LogP contribution in [0.3, 0.4) is 0 Å². The highest BCUT2D eigenvalue weighted by molar-refractivity contribution is 6.52. The van der Waals surface area contributed by atoms with Gasteiger partial charge in [0, 0.05) is 6.54 Å². The third kappa shape index (κ3) is 3.25. The van der Waals surface area contributed by atoms with Gasteiger partial charge in [0.2, 0.25) is 0 Å².